The summed E-state index contributed by atoms with van der Waals surface area (Å²) in [7, 11) is 1.46. The molecular weight excluding hydrogens is 332 g/mol. The van der Waals surface area contributed by atoms with E-state index in [0.717, 1.165) is 11.8 Å². The molecule has 2 N–H and O–H groups in total. The van der Waals surface area contributed by atoms with Crippen LogP contribution < -0.4 is 9.47 Å². The number of nitriles is 1. The second kappa shape index (κ2) is 8.03. The summed E-state index contributed by atoms with van der Waals surface area (Å²) in [6.07, 6.45) is 1.48. The van der Waals surface area contributed by atoms with Crippen molar-refractivity contribution >= 4 is 23.8 Å². The summed E-state index contributed by atoms with van der Waals surface area (Å²) in [6, 6.07) is 6.78. The van der Waals surface area contributed by atoms with E-state index >= 15 is 0 Å². The summed E-state index contributed by atoms with van der Waals surface area (Å²) in [5, 5.41) is 24.8. The first-order valence-electron chi connectivity index (χ1n) is 6.73. The SMILES string of the molecule is COc1cc(/C=C(\Sc2n[nH]c(C)n2)C(=O)O)ccc1OCC#N. The van der Waals surface area contributed by atoms with Crippen LogP contribution in [0, 0.1) is 18.3 Å². The number of hydrogen-bond acceptors (Lipinski definition) is 7. The average Bonchev–Trinajstić information content (AvgIpc) is 2.97. The number of rotatable bonds is 7. The Labute approximate surface area is 142 Å². The number of methoxy groups -OCH3 is 1. The van der Waals surface area contributed by atoms with Gasteiger partial charge >= 0.3 is 5.97 Å². The number of nitrogens with one attached hydrogen (secondary N) is 1. The van der Waals surface area contributed by atoms with Gasteiger partial charge in [0.2, 0.25) is 5.16 Å². The molecule has 0 amide bonds. The zero-order chi connectivity index (χ0) is 17.5. The van der Waals surface area contributed by atoms with Crippen molar-refractivity contribution in [3.8, 4) is 17.6 Å². The van der Waals surface area contributed by atoms with Gasteiger partial charge in [0.05, 0.1) is 7.11 Å². The third-order valence-corrected chi connectivity index (χ3v) is 3.64. The Balaban J connectivity index is 2.28. The minimum atomic E-state index is -1.09. The molecule has 0 spiro atoms. The molecule has 0 aliphatic carbocycles. The predicted octanol–water partition coefficient (Wildman–Crippen LogP) is 2.24. The molecule has 2 aromatic rings. The van der Waals surface area contributed by atoms with Gasteiger partial charge < -0.3 is 14.6 Å². The van der Waals surface area contributed by atoms with Gasteiger partial charge in [-0.1, -0.05) is 6.07 Å². The molecule has 0 radical (unpaired) electrons. The lowest BCUT2D eigenvalue weighted by Gasteiger charge is -2.09. The van der Waals surface area contributed by atoms with E-state index in [9.17, 15) is 9.90 Å². The second-order valence-electron chi connectivity index (χ2n) is 4.48. The molecule has 24 heavy (non-hydrogen) atoms. The van der Waals surface area contributed by atoms with E-state index in [0.29, 0.717) is 28.0 Å². The minimum absolute atomic E-state index is 0.0572. The van der Waals surface area contributed by atoms with Gasteiger partial charge in [-0.25, -0.2) is 9.78 Å². The lowest BCUT2D eigenvalue weighted by molar-refractivity contribution is -0.131. The Kier molecular flexibility index (Phi) is 5.81. The zero-order valence-electron chi connectivity index (χ0n) is 12.9. The number of aromatic nitrogens is 3. The van der Waals surface area contributed by atoms with Gasteiger partial charge in [-0.15, -0.1) is 5.10 Å². The van der Waals surface area contributed by atoms with Crippen molar-refractivity contribution in [3.63, 3.8) is 0 Å². The molecular formula is C15H14N4O4S. The fourth-order valence-electron chi connectivity index (χ4n) is 1.76. The molecule has 0 saturated carbocycles. The fraction of sp³-hybridized carbons (Fsp3) is 0.200. The van der Waals surface area contributed by atoms with Gasteiger partial charge in [0.1, 0.15) is 16.8 Å². The van der Waals surface area contributed by atoms with Crippen molar-refractivity contribution in [2.45, 2.75) is 12.1 Å². The van der Waals surface area contributed by atoms with Gasteiger partial charge in [0.25, 0.3) is 0 Å². The molecule has 1 aromatic heterocycles. The lowest BCUT2D eigenvalue weighted by atomic mass is 10.2. The standard InChI is InChI=1S/C15H14N4O4S/c1-9-17-15(19-18-9)24-13(14(20)21)8-10-3-4-11(23-6-5-16)12(7-10)22-2/h3-4,7-8H,6H2,1-2H3,(H,20,21)(H,17,18,19)/b13-8-. The first kappa shape index (κ1) is 17.4. The highest BCUT2D eigenvalue weighted by atomic mass is 32.2. The Morgan fingerprint density at radius 1 is 1.50 bits per heavy atom. The van der Waals surface area contributed by atoms with Crippen molar-refractivity contribution in [1.29, 1.82) is 5.26 Å². The van der Waals surface area contributed by atoms with E-state index in [-0.39, 0.29) is 11.5 Å². The van der Waals surface area contributed by atoms with Gasteiger partial charge in [0, 0.05) is 0 Å². The molecule has 2 rings (SSSR count). The predicted molar refractivity (Wildman–Crippen MR) is 86.7 cm³/mol. The average molecular weight is 346 g/mol. The highest BCUT2D eigenvalue weighted by Crippen LogP contribution is 2.31. The van der Waals surface area contributed by atoms with E-state index in [4.69, 9.17) is 14.7 Å². The van der Waals surface area contributed by atoms with E-state index in [2.05, 4.69) is 15.2 Å². The Bertz CT molecular complexity index is 810. The van der Waals surface area contributed by atoms with E-state index in [1.165, 1.54) is 13.2 Å². The molecule has 0 unspecified atom stereocenters. The highest BCUT2D eigenvalue weighted by molar-refractivity contribution is 8.04. The molecule has 124 valence electrons. The molecule has 0 bridgehead atoms. The maximum Gasteiger partial charge on any atom is 0.342 e. The molecule has 0 aliphatic heterocycles. The Morgan fingerprint density at radius 3 is 2.88 bits per heavy atom. The van der Waals surface area contributed by atoms with Crippen LogP contribution in [0.15, 0.2) is 28.3 Å². The molecule has 1 heterocycles. The smallest absolute Gasteiger partial charge is 0.342 e. The fourth-order valence-corrected chi connectivity index (χ4v) is 2.51. The van der Waals surface area contributed by atoms with E-state index in [1.807, 2.05) is 6.07 Å². The molecule has 0 atom stereocenters. The number of H-pyrrole nitrogens is 1. The van der Waals surface area contributed by atoms with E-state index in [1.54, 1.807) is 25.1 Å². The number of aromatic amines is 1. The van der Waals surface area contributed by atoms with Gasteiger partial charge in [-0.3, -0.25) is 5.10 Å². The number of carbonyl (C=O) groups is 1. The van der Waals surface area contributed by atoms with Crippen molar-refractivity contribution in [3.05, 3.63) is 34.5 Å². The summed E-state index contributed by atoms with van der Waals surface area (Å²) in [6.45, 7) is 1.62. The maximum atomic E-state index is 11.4. The van der Waals surface area contributed by atoms with Crippen LogP contribution in [-0.4, -0.2) is 40.0 Å². The first-order valence-corrected chi connectivity index (χ1v) is 7.54. The summed E-state index contributed by atoms with van der Waals surface area (Å²) >= 11 is 0.937. The molecule has 0 saturated heterocycles. The quantitative estimate of drug-likeness (QED) is 0.578. The molecule has 0 aliphatic rings. The van der Waals surface area contributed by atoms with Crippen LogP contribution in [0.25, 0.3) is 6.08 Å². The van der Waals surface area contributed by atoms with Crippen LogP contribution >= 0.6 is 11.8 Å². The summed E-state index contributed by atoms with van der Waals surface area (Å²) < 4.78 is 10.4. The normalized spacial score (nSPS) is 11.0. The molecule has 9 heteroatoms. The van der Waals surface area contributed by atoms with Crippen LogP contribution in [-0.2, 0) is 4.79 Å². The van der Waals surface area contributed by atoms with Crippen LogP contribution in [0.2, 0.25) is 0 Å². The van der Waals surface area contributed by atoms with Crippen molar-refractivity contribution in [2.24, 2.45) is 0 Å². The van der Waals surface area contributed by atoms with Crippen LogP contribution in [0.1, 0.15) is 11.4 Å². The number of ether oxygens (including phenoxy) is 2. The van der Waals surface area contributed by atoms with Crippen LogP contribution in [0.3, 0.4) is 0 Å². The van der Waals surface area contributed by atoms with Crippen LogP contribution in [0.5, 0.6) is 11.5 Å². The monoisotopic (exact) mass is 346 g/mol. The minimum Gasteiger partial charge on any atom is -0.493 e. The number of aryl methyl sites for hydroxylation is 1. The van der Waals surface area contributed by atoms with Crippen LogP contribution in [0.4, 0.5) is 0 Å². The van der Waals surface area contributed by atoms with Gasteiger partial charge in [0.15, 0.2) is 18.1 Å². The number of carboxylic acid groups (broad SMARTS) is 1. The van der Waals surface area contributed by atoms with Gasteiger partial charge in [-0.2, -0.15) is 5.26 Å². The van der Waals surface area contributed by atoms with Crippen molar-refractivity contribution < 1.29 is 19.4 Å². The molecule has 1 aromatic carbocycles. The number of hydrogen-bond donors (Lipinski definition) is 2. The number of carboxylic acids is 1. The molecule has 8 nitrogen and oxygen atoms in total. The largest absolute Gasteiger partial charge is 0.493 e. The maximum absolute atomic E-state index is 11.4. The first-order chi connectivity index (χ1) is 11.5. The second-order valence-corrected chi connectivity index (χ2v) is 5.49. The third kappa shape index (κ3) is 4.50. The number of nitrogens with zero attached hydrogens (tertiary/aromatic N) is 3. The van der Waals surface area contributed by atoms with Crippen molar-refractivity contribution in [1.82, 2.24) is 15.2 Å². The Morgan fingerprint density at radius 2 is 2.29 bits per heavy atom. The van der Waals surface area contributed by atoms with Crippen molar-refractivity contribution in [2.75, 3.05) is 13.7 Å². The number of benzene rings is 1. The highest BCUT2D eigenvalue weighted by Gasteiger charge is 2.14. The zero-order valence-corrected chi connectivity index (χ0v) is 13.8. The summed E-state index contributed by atoms with van der Waals surface area (Å²) in [5.41, 5.74) is 0.605. The van der Waals surface area contributed by atoms with Gasteiger partial charge in [-0.05, 0) is 42.5 Å². The topological polar surface area (TPSA) is 121 Å². The summed E-state index contributed by atoms with van der Waals surface area (Å²) in [4.78, 5) is 15.6. The summed E-state index contributed by atoms with van der Waals surface area (Å²) in [5.74, 6) is 0.321. The number of aliphatic carboxylic acids is 1. The number of thioether (sulfide) groups is 1. The molecule has 0 fully saturated rings. The van der Waals surface area contributed by atoms with E-state index < -0.39 is 5.97 Å². The Hall–Kier alpha value is -2.99. The lowest BCUT2D eigenvalue weighted by Crippen LogP contribution is -1.99. The third-order valence-electron chi connectivity index (χ3n) is 2.77.